The third-order valence-electron chi connectivity index (χ3n) is 4.60. The molecule has 176 valence electrons. The van der Waals surface area contributed by atoms with E-state index in [9.17, 15) is 31.2 Å². The largest absolute Gasteiger partial charge is 0.456 e. The fraction of sp³-hybridized carbons (Fsp3) is 0.286. The molecule has 0 unspecified atom stereocenters. The third-order valence-corrected chi connectivity index (χ3v) is 5.97. The van der Waals surface area contributed by atoms with Crippen molar-refractivity contribution in [3.63, 3.8) is 0 Å². The van der Waals surface area contributed by atoms with Gasteiger partial charge in [-0.3, -0.25) is 9.59 Å². The van der Waals surface area contributed by atoms with Crippen molar-refractivity contribution in [1.29, 1.82) is 0 Å². The molecule has 1 amide bonds. The summed E-state index contributed by atoms with van der Waals surface area (Å²) in [7, 11) is -3.85. The van der Waals surface area contributed by atoms with Crippen molar-refractivity contribution in [1.82, 2.24) is 0 Å². The summed E-state index contributed by atoms with van der Waals surface area (Å²) in [4.78, 5) is 24.0. The van der Waals surface area contributed by atoms with Crippen molar-refractivity contribution in [2.75, 3.05) is 17.2 Å². The van der Waals surface area contributed by atoms with Crippen LogP contribution in [0.2, 0.25) is 0 Å². The molecule has 33 heavy (non-hydrogen) atoms. The Morgan fingerprint density at radius 3 is 2.52 bits per heavy atom. The molecule has 0 aromatic heterocycles. The first-order valence-electron chi connectivity index (χ1n) is 9.77. The van der Waals surface area contributed by atoms with Crippen molar-refractivity contribution in [3.8, 4) is 0 Å². The summed E-state index contributed by atoms with van der Waals surface area (Å²) in [5, 5.41) is 4.99. The van der Waals surface area contributed by atoms with E-state index < -0.39 is 51.9 Å². The maximum absolute atomic E-state index is 13.0. The fourth-order valence-electron chi connectivity index (χ4n) is 3.17. The number of para-hydroxylation sites is 2. The van der Waals surface area contributed by atoms with Crippen LogP contribution in [0.25, 0.3) is 0 Å². The number of ether oxygens (including phenoxy) is 1. The zero-order valence-electron chi connectivity index (χ0n) is 17.3. The number of hydrogen-bond acceptors (Lipinski definition) is 6. The molecule has 1 aliphatic heterocycles. The molecule has 0 saturated carbocycles. The van der Waals surface area contributed by atoms with Crippen molar-refractivity contribution in [2.24, 2.45) is 10.3 Å². The van der Waals surface area contributed by atoms with Gasteiger partial charge >= 0.3 is 12.1 Å². The molecular formula is C21H20F3N3O5S. The number of amidine groups is 1. The number of fused-ring (bicyclic) bond motifs is 1. The summed E-state index contributed by atoms with van der Waals surface area (Å²) in [6.45, 7) is 0.900. The molecule has 2 N–H and O–H groups in total. The molecule has 1 aliphatic rings. The number of sulfonamides is 1. The van der Waals surface area contributed by atoms with Crippen LogP contribution in [0.1, 0.15) is 25.3 Å². The lowest BCUT2D eigenvalue weighted by Crippen LogP contribution is -2.25. The summed E-state index contributed by atoms with van der Waals surface area (Å²) in [5.74, 6) is -1.91. The Morgan fingerprint density at radius 1 is 1.12 bits per heavy atom. The van der Waals surface area contributed by atoms with Crippen molar-refractivity contribution in [3.05, 3.63) is 54.1 Å². The number of benzene rings is 2. The second kappa shape index (κ2) is 9.61. The summed E-state index contributed by atoms with van der Waals surface area (Å²) >= 11 is 0. The van der Waals surface area contributed by atoms with Crippen LogP contribution >= 0.6 is 0 Å². The molecule has 0 aliphatic carbocycles. The first kappa shape index (κ1) is 24.2. The predicted octanol–water partition coefficient (Wildman–Crippen LogP) is 3.82. The van der Waals surface area contributed by atoms with Gasteiger partial charge < -0.3 is 15.4 Å². The number of anilines is 2. The number of alkyl halides is 3. The Balaban J connectivity index is 1.51. The smallest absolute Gasteiger partial charge is 0.418 e. The van der Waals surface area contributed by atoms with Gasteiger partial charge in [0.1, 0.15) is 10.7 Å². The number of halogens is 3. The van der Waals surface area contributed by atoms with Crippen molar-refractivity contribution < 1.29 is 35.9 Å². The minimum atomic E-state index is -4.65. The topological polar surface area (TPSA) is 114 Å². The van der Waals surface area contributed by atoms with Crippen LogP contribution in [0.4, 0.5) is 24.5 Å². The second-order valence-corrected chi connectivity index (χ2v) is 8.97. The molecule has 8 nitrogen and oxygen atoms in total. The predicted molar refractivity (Wildman–Crippen MR) is 114 cm³/mol. The van der Waals surface area contributed by atoms with Gasteiger partial charge in [-0.15, -0.1) is 4.40 Å². The maximum atomic E-state index is 13.0. The maximum Gasteiger partial charge on any atom is 0.418 e. The molecular weight excluding hydrogens is 463 g/mol. The van der Waals surface area contributed by atoms with Crippen LogP contribution in [0.15, 0.2) is 57.8 Å². The average Bonchev–Trinajstić information content (AvgIpc) is 2.71. The van der Waals surface area contributed by atoms with Gasteiger partial charge in [0.05, 0.1) is 16.9 Å². The van der Waals surface area contributed by atoms with E-state index >= 15 is 0 Å². The number of hydrogen-bond donors (Lipinski definition) is 2. The van der Waals surface area contributed by atoms with Gasteiger partial charge in [-0.05, 0) is 30.2 Å². The van der Waals surface area contributed by atoms with Gasteiger partial charge in [-0.2, -0.15) is 21.6 Å². The van der Waals surface area contributed by atoms with Crippen LogP contribution in [0.3, 0.4) is 0 Å². The number of nitrogens with one attached hydrogen (secondary N) is 2. The highest BCUT2D eigenvalue weighted by Crippen LogP contribution is 2.34. The van der Waals surface area contributed by atoms with E-state index in [0.717, 1.165) is 12.1 Å². The monoisotopic (exact) mass is 483 g/mol. The van der Waals surface area contributed by atoms with Crippen LogP contribution in [-0.4, -0.2) is 32.7 Å². The lowest BCUT2D eigenvalue weighted by molar-refractivity contribution is -0.148. The minimum absolute atomic E-state index is 0.0546. The van der Waals surface area contributed by atoms with Gasteiger partial charge in [0.15, 0.2) is 6.61 Å². The molecule has 1 heterocycles. The highest BCUT2D eigenvalue weighted by atomic mass is 32.2. The van der Waals surface area contributed by atoms with E-state index in [1.807, 2.05) is 0 Å². The van der Waals surface area contributed by atoms with E-state index in [1.165, 1.54) is 18.2 Å². The molecule has 0 saturated heterocycles. The second-order valence-electron chi connectivity index (χ2n) is 7.40. The Bertz CT molecular complexity index is 1200. The molecule has 1 atom stereocenters. The molecule has 3 rings (SSSR count). The van der Waals surface area contributed by atoms with Crippen LogP contribution in [0, 0.1) is 5.92 Å². The summed E-state index contributed by atoms with van der Waals surface area (Å²) in [6, 6.07) is 10.7. The molecule has 12 heteroatoms. The first-order chi connectivity index (χ1) is 15.5. The van der Waals surface area contributed by atoms with Crippen molar-refractivity contribution >= 4 is 39.1 Å². The summed E-state index contributed by atoms with van der Waals surface area (Å²) in [5.41, 5.74) is -1.08. The van der Waals surface area contributed by atoms with E-state index in [2.05, 4.69) is 15.0 Å². The standard InChI is InChI=1S/C21H20F3N3O5S/c1-13(10-18-25-16-8-4-5-9-17(16)33(30,31)27-18)11-20(29)32-12-19(28)26-15-7-3-2-6-14(15)21(22,23)24/h2-9,13H,10-12H2,1H3,(H,25,27)(H,26,28)/t13-/m1/s1. The molecule has 0 fully saturated rings. The molecule has 0 spiro atoms. The average molecular weight is 483 g/mol. The van der Waals surface area contributed by atoms with Gasteiger partial charge in [0, 0.05) is 12.8 Å². The number of carbonyl (C=O) groups excluding carboxylic acids is 2. The Hall–Kier alpha value is -3.41. The van der Waals surface area contributed by atoms with Crippen LogP contribution < -0.4 is 10.6 Å². The van der Waals surface area contributed by atoms with Gasteiger partial charge in [0.25, 0.3) is 15.9 Å². The molecule has 2 aromatic rings. The SMILES string of the molecule is C[C@@H](CC(=O)OCC(=O)Nc1ccccc1C(F)(F)F)CC1=NS(=O)(=O)c2ccccc2N1. The molecule has 2 aromatic carbocycles. The number of carbonyl (C=O) groups is 2. The van der Waals surface area contributed by atoms with E-state index in [4.69, 9.17) is 4.74 Å². The zero-order chi connectivity index (χ0) is 24.2. The third kappa shape index (κ3) is 6.31. The minimum Gasteiger partial charge on any atom is -0.456 e. The molecule has 0 radical (unpaired) electrons. The van der Waals surface area contributed by atoms with Crippen LogP contribution in [0.5, 0.6) is 0 Å². The number of esters is 1. The normalized spacial score (nSPS) is 15.5. The Kier molecular flexibility index (Phi) is 7.06. The van der Waals surface area contributed by atoms with Crippen LogP contribution in [-0.2, 0) is 30.5 Å². The van der Waals surface area contributed by atoms with Crippen molar-refractivity contribution in [2.45, 2.75) is 30.8 Å². The summed E-state index contributed by atoms with van der Waals surface area (Å²) < 4.78 is 72.1. The van der Waals surface area contributed by atoms with Gasteiger partial charge in [-0.1, -0.05) is 31.2 Å². The Morgan fingerprint density at radius 2 is 1.79 bits per heavy atom. The van der Waals surface area contributed by atoms with Gasteiger partial charge in [0.2, 0.25) is 0 Å². The Labute approximate surface area is 187 Å². The summed E-state index contributed by atoms with van der Waals surface area (Å²) in [6.07, 6.45) is -4.69. The van der Waals surface area contributed by atoms with E-state index in [0.29, 0.717) is 5.69 Å². The highest BCUT2D eigenvalue weighted by molar-refractivity contribution is 7.90. The lowest BCUT2D eigenvalue weighted by atomic mass is 10.0. The molecule has 0 bridgehead atoms. The van der Waals surface area contributed by atoms with E-state index in [1.54, 1.807) is 25.1 Å². The number of amides is 1. The highest BCUT2D eigenvalue weighted by Gasteiger charge is 2.33. The quantitative estimate of drug-likeness (QED) is 0.579. The fourth-order valence-corrected chi connectivity index (χ4v) is 4.33. The first-order valence-corrected chi connectivity index (χ1v) is 11.2. The zero-order valence-corrected chi connectivity index (χ0v) is 18.2. The van der Waals surface area contributed by atoms with Gasteiger partial charge in [-0.25, -0.2) is 0 Å². The number of rotatable bonds is 7. The number of nitrogens with zero attached hydrogens (tertiary/aromatic N) is 1. The lowest BCUT2D eigenvalue weighted by Gasteiger charge is -2.20. The van der Waals surface area contributed by atoms with E-state index in [-0.39, 0.29) is 23.6 Å².